The van der Waals surface area contributed by atoms with Gasteiger partial charge >= 0.3 is 6.03 Å². The fourth-order valence-electron chi connectivity index (χ4n) is 1.64. The summed E-state index contributed by atoms with van der Waals surface area (Å²) in [5, 5.41) is 4.68. The van der Waals surface area contributed by atoms with Crippen LogP contribution in [0.15, 0.2) is 42.5 Å². The van der Waals surface area contributed by atoms with Gasteiger partial charge in [0.25, 0.3) is 5.91 Å². The third-order valence-corrected chi connectivity index (χ3v) is 3.24. The Morgan fingerprint density at radius 1 is 1.04 bits per heavy atom. The van der Waals surface area contributed by atoms with Crippen LogP contribution in [0.4, 0.5) is 14.9 Å². The molecule has 5 nitrogen and oxygen atoms in total. The second-order valence-electron chi connectivity index (χ2n) is 4.32. The van der Waals surface area contributed by atoms with E-state index in [0.29, 0.717) is 0 Å². The Kier molecular flexibility index (Phi) is 5.78. The molecule has 120 valence electrons. The topological polar surface area (TPSA) is 67.4 Å². The summed E-state index contributed by atoms with van der Waals surface area (Å²) >= 11 is 11.8. The zero-order valence-corrected chi connectivity index (χ0v) is 13.1. The highest BCUT2D eigenvalue weighted by Crippen LogP contribution is 2.32. The standard InChI is InChI=1S/C15H11Cl2FN2O3/c16-9-4-3-5-10(17)14(9)23-8-13(21)20-15(22)19-12-7-2-1-6-11(12)18/h1-7H,8H2,(H2,19,20,21,22). The second-order valence-corrected chi connectivity index (χ2v) is 5.14. The third kappa shape index (κ3) is 4.84. The molecule has 0 saturated carbocycles. The monoisotopic (exact) mass is 356 g/mol. The lowest BCUT2D eigenvalue weighted by atomic mass is 10.3. The highest BCUT2D eigenvalue weighted by molar-refractivity contribution is 6.37. The number of rotatable bonds is 4. The van der Waals surface area contributed by atoms with Crippen molar-refractivity contribution in [2.24, 2.45) is 0 Å². The Balaban J connectivity index is 1.87. The van der Waals surface area contributed by atoms with Gasteiger partial charge < -0.3 is 10.1 Å². The summed E-state index contributed by atoms with van der Waals surface area (Å²) in [5.74, 6) is -1.22. The number of hydrogen-bond acceptors (Lipinski definition) is 3. The molecule has 0 heterocycles. The summed E-state index contributed by atoms with van der Waals surface area (Å²) in [5.41, 5.74) is -0.0483. The zero-order chi connectivity index (χ0) is 16.8. The summed E-state index contributed by atoms with van der Waals surface area (Å²) in [4.78, 5) is 23.3. The van der Waals surface area contributed by atoms with E-state index >= 15 is 0 Å². The fourth-order valence-corrected chi connectivity index (χ4v) is 2.14. The molecule has 0 aliphatic carbocycles. The maximum absolute atomic E-state index is 13.4. The van der Waals surface area contributed by atoms with Crippen molar-refractivity contribution in [3.8, 4) is 5.75 Å². The van der Waals surface area contributed by atoms with Crippen LogP contribution in [-0.4, -0.2) is 18.5 Å². The molecule has 0 aliphatic rings. The number of para-hydroxylation sites is 2. The van der Waals surface area contributed by atoms with Crippen LogP contribution in [0.5, 0.6) is 5.75 Å². The van der Waals surface area contributed by atoms with Crippen molar-refractivity contribution in [3.05, 3.63) is 58.3 Å². The first-order valence-electron chi connectivity index (χ1n) is 6.39. The number of carbonyl (C=O) groups excluding carboxylic acids is 2. The Bertz CT molecular complexity index is 720. The van der Waals surface area contributed by atoms with Crippen molar-refractivity contribution in [2.75, 3.05) is 11.9 Å². The van der Waals surface area contributed by atoms with Gasteiger partial charge in [0.15, 0.2) is 12.4 Å². The number of imide groups is 1. The van der Waals surface area contributed by atoms with Crippen LogP contribution in [0.25, 0.3) is 0 Å². The number of ether oxygens (including phenoxy) is 1. The first-order chi connectivity index (χ1) is 11.0. The second kappa shape index (κ2) is 7.80. The van der Waals surface area contributed by atoms with Crippen molar-refractivity contribution in [1.82, 2.24) is 5.32 Å². The van der Waals surface area contributed by atoms with Crippen molar-refractivity contribution in [3.63, 3.8) is 0 Å². The minimum atomic E-state index is -0.881. The van der Waals surface area contributed by atoms with Crippen LogP contribution >= 0.6 is 23.2 Å². The molecule has 0 atom stereocenters. The predicted octanol–water partition coefficient (Wildman–Crippen LogP) is 3.86. The molecule has 0 saturated heterocycles. The highest BCUT2D eigenvalue weighted by Gasteiger charge is 2.13. The number of urea groups is 1. The number of halogens is 3. The molecule has 2 N–H and O–H groups in total. The van der Waals surface area contributed by atoms with Crippen LogP contribution in [0.3, 0.4) is 0 Å². The molecular weight excluding hydrogens is 346 g/mol. The minimum Gasteiger partial charge on any atom is -0.481 e. The van der Waals surface area contributed by atoms with Crippen molar-refractivity contribution >= 4 is 40.8 Å². The molecule has 23 heavy (non-hydrogen) atoms. The van der Waals surface area contributed by atoms with Gasteiger partial charge in [-0.25, -0.2) is 9.18 Å². The highest BCUT2D eigenvalue weighted by atomic mass is 35.5. The van der Waals surface area contributed by atoms with Crippen molar-refractivity contribution < 1.29 is 18.7 Å². The molecule has 0 spiro atoms. The maximum Gasteiger partial charge on any atom is 0.326 e. The Morgan fingerprint density at radius 2 is 1.70 bits per heavy atom. The third-order valence-electron chi connectivity index (χ3n) is 2.64. The normalized spacial score (nSPS) is 10.0. The van der Waals surface area contributed by atoms with E-state index in [-0.39, 0.29) is 21.5 Å². The van der Waals surface area contributed by atoms with E-state index in [9.17, 15) is 14.0 Å². The SMILES string of the molecule is O=C(COc1c(Cl)cccc1Cl)NC(=O)Nc1ccccc1F. The molecule has 0 aliphatic heterocycles. The van der Waals surface area contributed by atoms with E-state index in [1.165, 1.54) is 18.2 Å². The zero-order valence-electron chi connectivity index (χ0n) is 11.6. The number of nitrogens with one attached hydrogen (secondary N) is 2. The maximum atomic E-state index is 13.4. The average Bonchev–Trinajstić information content (AvgIpc) is 2.49. The molecule has 0 bridgehead atoms. The minimum absolute atomic E-state index is 0.0483. The van der Waals surface area contributed by atoms with Crippen molar-refractivity contribution in [1.29, 1.82) is 0 Å². The fraction of sp³-hybridized carbons (Fsp3) is 0.0667. The quantitative estimate of drug-likeness (QED) is 0.873. The van der Waals surface area contributed by atoms with Gasteiger partial charge in [0.2, 0.25) is 0 Å². The van der Waals surface area contributed by atoms with E-state index in [4.69, 9.17) is 27.9 Å². The Hall–Kier alpha value is -2.31. The van der Waals surface area contributed by atoms with Gasteiger partial charge in [0.1, 0.15) is 5.82 Å². The molecular formula is C15H11Cl2FN2O3. The van der Waals surface area contributed by atoms with Crippen LogP contribution in [-0.2, 0) is 4.79 Å². The smallest absolute Gasteiger partial charge is 0.326 e. The van der Waals surface area contributed by atoms with Gasteiger partial charge in [0.05, 0.1) is 15.7 Å². The van der Waals surface area contributed by atoms with Crippen LogP contribution in [0.1, 0.15) is 0 Å². The largest absolute Gasteiger partial charge is 0.481 e. The average molecular weight is 357 g/mol. The van der Waals surface area contributed by atoms with Crippen molar-refractivity contribution in [2.45, 2.75) is 0 Å². The lowest BCUT2D eigenvalue weighted by Crippen LogP contribution is -2.37. The summed E-state index contributed by atoms with van der Waals surface area (Å²) in [6, 6.07) is 9.40. The molecule has 0 aromatic heterocycles. The predicted molar refractivity (Wildman–Crippen MR) is 85.5 cm³/mol. The summed E-state index contributed by atoms with van der Waals surface area (Å²) < 4.78 is 18.5. The number of amides is 3. The van der Waals surface area contributed by atoms with E-state index in [1.807, 2.05) is 5.32 Å². The molecule has 0 radical (unpaired) electrons. The number of anilines is 1. The van der Waals surface area contributed by atoms with Gasteiger partial charge in [-0.05, 0) is 24.3 Å². The van der Waals surface area contributed by atoms with E-state index in [1.54, 1.807) is 24.3 Å². The lowest BCUT2D eigenvalue weighted by Gasteiger charge is -2.10. The molecule has 8 heteroatoms. The number of carbonyl (C=O) groups is 2. The van der Waals surface area contributed by atoms with E-state index < -0.39 is 24.4 Å². The van der Waals surface area contributed by atoms with Gasteiger partial charge in [0, 0.05) is 0 Å². The van der Waals surface area contributed by atoms with Crippen LogP contribution < -0.4 is 15.4 Å². The molecule has 2 aromatic carbocycles. The van der Waals surface area contributed by atoms with Gasteiger partial charge in [-0.15, -0.1) is 0 Å². The molecule has 0 fully saturated rings. The van der Waals surface area contributed by atoms with Crippen LogP contribution in [0.2, 0.25) is 10.0 Å². The van der Waals surface area contributed by atoms with Gasteiger partial charge in [-0.3, -0.25) is 10.1 Å². The van der Waals surface area contributed by atoms with Gasteiger partial charge in [-0.1, -0.05) is 41.4 Å². The molecule has 2 rings (SSSR count). The Morgan fingerprint density at radius 3 is 2.35 bits per heavy atom. The summed E-state index contributed by atoms with van der Waals surface area (Å²) in [7, 11) is 0. The number of benzene rings is 2. The van der Waals surface area contributed by atoms with Gasteiger partial charge in [-0.2, -0.15) is 0 Å². The van der Waals surface area contributed by atoms with E-state index in [2.05, 4.69) is 5.32 Å². The lowest BCUT2D eigenvalue weighted by molar-refractivity contribution is -0.121. The summed E-state index contributed by atoms with van der Waals surface area (Å²) in [6.45, 7) is -0.478. The molecule has 2 aromatic rings. The van der Waals surface area contributed by atoms with Crippen LogP contribution in [0, 0.1) is 5.82 Å². The number of hydrogen-bond donors (Lipinski definition) is 2. The first-order valence-corrected chi connectivity index (χ1v) is 7.15. The first kappa shape index (κ1) is 17.1. The Labute approximate surface area is 141 Å². The summed E-state index contributed by atoms with van der Waals surface area (Å²) in [6.07, 6.45) is 0. The molecule has 3 amide bonds. The van der Waals surface area contributed by atoms with E-state index in [0.717, 1.165) is 0 Å². The molecule has 0 unspecified atom stereocenters.